The van der Waals surface area contributed by atoms with Gasteiger partial charge in [0.2, 0.25) is 5.89 Å². The molecule has 1 heterocycles. The fourth-order valence-electron chi connectivity index (χ4n) is 1.03. The molecule has 2 N–H and O–H groups in total. The Morgan fingerprint density at radius 3 is 2.62 bits per heavy atom. The van der Waals surface area contributed by atoms with Crippen molar-refractivity contribution in [1.82, 2.24) is 15.5 Å². The van der Waals surface area contributed by atoms with E-state index < -0.39 is 0 Å². The Labute approximate surface area is 94.5 Å². The van der Waals surface area contributed by atoms with Crippen molar-refractivity contribution < 1.29 is 13.9 Å². The molecule has 92 valence electrons. The van der Waals surface area contributed by atoms with Crippen LogP contribution in [0.1, 0.15) is 5.89 Å². The molecule has 0 aliphatic rings. The third-order valence-corrected chi connectivity index (χ3v) is 1.81. The zero-order valence-corrected chi connectivity index (χ0v) is 9.65. The second kappa shape index (κ2) is 8.03. The average molecular weight is 230 g/mol. The normalized spacial score (nSPS) is 10.6. The predicted octanol–water partition coefficient (Wildman–Crippen LogP) is -0.136. The van der Waals surface area contributed by atoms with Crippen molar-refractivity contribution in [2.45, 2.75) is 6.54 Å². The molecule has 0 amide bonds. The summed E-state index contributed by atoms with van der Waals surface area (Å²) in [5, 5.41) is 13.8. The van der Waals surface area contributed by atoms with Crippen molar-refractivity contribution in [2.75, 3.05) is 45.8 Å². The van der Waals surface area contributed by atoms with E-state index in [4.69, 9.17) is 13.9 Å². The Morgan fingerprint density at radius 1 is 1.12 bits per heavy atom. The van der Waals surface area contributed by atoms with Gasteiger partial charge in [0.25, 0.3) is 0 Å². The van der Waals surface area contributed by atoms with Gasteiger partial charge in [-0.15, -0.1) is 5.10 Å². The van der Waals surface area contributed by atoms with Crippen LogP contribution in [-0.2, 0) is 16.0 Å². The summed E-state index contributed by atoms with van der Waals surface area (Å²) in [6.07, 6.45) is 0. The molecule has 0 aliphatic heterocycles. The van der Waals surface area contributed by atoms with E-state index in [1.165, 1.54) is 0 Å². The molecule has 16 heavy (non-hydrogen) atoms. The highest BCUT2D eigenvalue weighted by molar-refractivity contribution is 5.16. The molecule has 0 aromatic carbocycles. The summed E-state index contributed by atoms with van der Waals surface area (Å²) in [6.45, 7) is 3.21. The van der Waals surface area contributed by atoms with Gasteiger partial charge in [0.05, 0.1) is 19.8 Å². The smallest absolute Gasteiger partial charge is 0.315 e. The summed E-state index contributed by atoms with van der Waals surface area (Å²) in [5.74, 6) is 0.552. The van der Waals surface area contributed by atoms with Crippen molar-refractivity contribution in [2.24, 2.45) is 0 Å². The van der Waals surface area contributed by atoms with Gasteiger partial charge in [0.15, 0.2) is 0 Å². The van der Waals surface area contributed by atoms with E-state index in [0.717, 1.165) is 6.54 Å². The molecule has 1 rings (SSSR count). The number of ether oxygens (including phenoxy) is 2. The van der Waals surface area contributed by atoms with Crippen LogP contribution in [0.4, 0.5) is 6.01 Å². The topological polar surface area (TPSA) is 81.4 Å². The molecule has 0 saturated heterocycles. The van der Waals surface area contributed by atoms with Gasteiger partial charge < -0.3 is 24.5 Å². The van der Waals surface area contributed by atoms with Crippen LogP contribution in [0.5, 0.6) is 0 Å². The Balaban J connectivity index is 2.17. The largest absolute Gasteiger partial charge is 0.407 e. The summed E-state index contributed by atoms with van der Waals surface area (Å²) >= 11 is 0. The van der Waals surface area contributed by atoms with E-state index in [1.807, 2.05) is 0 Å². The number of nitrogens with one attached hydrogen (secondary N) is 2. The quantitative estimate of drug-likeness (QED) is 0.571. The summed E-state index contributed by atoms with van der Waals surface area (Å²) in [5.41, 5.74) is 0. The SMILES string of the molecule is COCCNCc1nnc(NCCOC)o1. The molecule has 0 atom stereocenters. The zero-order chi connectivity index (χ0) is 11.6. The Hall–Kier alpha value is -1.18. The third-order valence-electron chi connectivity index (χ3n) is 1.81. The van der Waals surface area contributed by atoms with E-state index in [-0.39, 0.29) is 0 Å². The maximum Gasteiger partial charge on any atom is 0.315 e. The van der Waals surface area contributed by atoms with E-state index in [1.54, 1.807) is 14.2 Å². The Kier molecular flexibility index (Phi) is 6.47. The van der Waals surface area contributed by atoms with Crippen LogP contribution in [-0.4, -0.2) is 50.7 Å². The van der Waals surface area contributed by atoms with Gasteiger partial charge in [-0.2, -0.15) is 0 Å². The van der Waals surface area contributed by atoms with Crippen LogP contribution >= 0.6 is 0 Å². The lowest BCUT2D eigenvalue weighted by atomic mass is 10.6. The van der Waals surface area contributed by atoms with Crippen molar-refractivity contribution in [3.05, 3.63) is 5.89 Å². The zero-order valence-electron chi connectivity index (χ0n) is 9.65. The number of methoxy groups -OCH3 is 2. The number of hydrogen-bond donors (Lipinski definition) is 2. The van der Waals surface area contributed by atoms with Crippen molar-refractivity contribution in [1.29, 1.82) is 0 Å². The second-order valence-corrected chi connectivity index (χ2v) is 3.09. The summed E-state index contributed by atoms with van der Waals surface area (Å²) < 4.78 is 15.1. The summed E-state index contributed by atoms with van der Waals surface area (Å²) in [7, 11) is 3.30. The molecule has 0 unspecified atom stereocenters. The summed E-state index contributed by atoms with van der Waals surface area (Å²) in [4.78, 5) is 0. The van der Waals surface area contributed by atoms with Gasteiger partial charge in [0.1, 0.15) is 0 Å². The lowest BCUT2D eigenvalue weighted by molar-refractivity contribution is 0.198. The Morgan fingerprint density at radius 2 is 1.88 bits per heavy atom. The Bertz CT molecular complexity index is 279. The molecule has 1 aromatic rings. The maximum atomic E-state index is 5.32. The van der Waals surface area contributed by atoms with Gasteiger partial charge in [-0.1, -0.05) is 5.10 Å². The molecule has 0 bridgehead atoms. The number of hydrogen-bond acceptors (Lipinski definition) is 7. The molecular weight excluding hydrogens is 212 g/mol. The van der Waals surface area contributed by atoms with Crippen LogP contribution in [0.25, 0.3) is 0 Å². The number of rotatable bonds is 9. The van der Waals surface area contributed by atoms with Crippen molar-refractivity contribution in [3.8, 4) is 0 Å². The highest BCUT2D eigenvalue weighted by atomic mass is 16.5. The second-order valence-electron chi connectivity index (χ2n) is 3.09. The number of anilines is 1. The highest BCUT2D eigenvalue weighted by Gasteiger charge is 2.03. The minimum atomic E-state index is 0.417. The van der Waals surface area contributed by atoms with Crippen LogP contribution in [0.3, 0.4) is 0 Å². The van der Waals surface area contributed by atoms with Crippen LogP contribution < -0.4 is 10.6 Å². The average Bonchev–Trinajstić information content (AvgIpc) is 2.73. The van der Waals surface area contributed by atoms with E-state index >= 15 is 0 Å². The third kappa shape index (κ3) is 5.06. The van der Waals surface area contributed by atoms with Gasteiger partial charge in [-0.05, 0) is 0 Å². The predicted molar refractivity (Wildman–Crippen MR) is 58.2 cm³/mol. The fourth-order valence-corrected chi connectivity index (χ4v) is 1.03. The molecule has 0 spiro atoms. The molecule has 0 aliphatic carbocycles. The maximum absolute atomic E-state index is 5.32. The number of aromatic nitrogens is 2. The first-order chi connectivity index (χ1) is 7.86. The van der Waals surface area contributed by atoms with E-state index in [9.17, 15) is 0 Å². The lowest BCUT2D eigenvalue weighted by Crippen LogP contribution is -2.18. The molecule has 1 aromatic heterocycles. The van der Waals surface area contributed by atoms with Crippen LogP contribution in [0, 0.1) is 0 Å². The minimum absolute atomic E-state index is 0.417. The first-order valence-corrected chi connectivity index (χ1v) is 5.11. The first-order valence-electron chi connectivity index (χ1n) is 5.11. The summed E-state index contributed by atoms with van der Waals surface area (Å²) in [6, 6.07) is 0.417. The fraction of sp³-hybridized carbons (Fsp3) is 0.778. The van der Waals surface area contributed by atoms with Gasteiger partial charge >= 0.3 is 6.01 Å². The van der Waals surface area contributed by atoms with E-state index in [2.05, 4.69) is 20.8 Å². The monoisotopic (exact) mass is 230 g/mol. The van der Waals surface area contributed by atoms with E-state index in [0.29, 0.717) is 38.2 Å². The standard InChI is InChI=1S/C9H18N4O3/c1-14-5-3-10-7-8-12-13-9(16-8)11-4-6-15-2/h10H,3-7H2,1-2H3,(H,11,13). The molecule has 0 fully saturated rings. The molecule has 7 heteroatoms. The molecule has 0 saturated carbocycles. The van der Waals surface area contributed by atoms with Gasteiger partial charge in [-0.25, -0.2) is 0 Å². The molecule has 0 radical (unpaired) electrons. The van der Waals surface area contributed by atoms with Gasteiger partial charge in [0, 0.05) is 27.3 Å². The number of nitrogens with zero attached hydrogens (tertiary/aromatic N) is 2. The molecule has 7 nitrogen and oxygen atoms in total. The van der Waals surface area contributed by atoms with Gasteiger partial charge in [-0.3, -0.25) is 0 Å². The minimum Gasteiger partial charge on any atom is -0.407 e. The van der Waals surface area contributed by atoms with Crippen molar-refractivity contribution >= 4 is 6.01 Å². The first kappa shape index (κ1) is 12.9. The lowest BCUT2D eigenvalue weighted by Gasteiger charge is -2.00. The van der Waals surface area contributed by atoms with Crippen molar-refractivity contribution in [3.63, 3.8) is 0 Å². The van der Waals surface area contributed by atoms with Crippen LogP contribution in [0.15, 0.2) is 4.42 Å². The molecular formula is C9H18N4O3. The highest BCUT2D eigenvalue weighted by Crippen LogP contribution is 2.03. The van der Waals surface area contributed by atoms with Crippen LogP contribution in [0.2, 0.25) is 0 Å².